The molecule has 0 spiro atoms. The first-order chi connectivity index (χ1) is 27.7. The maximum atomic E-state index is 10.5. The molecule has 5 aromatic rings. The maximum absolute atomic E-state index is 10.5. The van der Waals surface area contributed by atoms with E-state index in [9.17, 15) is 64.9 Å². The predicted molar refractivity (Wildman–Crippen MR) is 234 cm³/mol. The zero-order valence-corrected chi connectivity index (χ0v) is 39.1. The molecule has 0 heterocycles. The molecular weight excluding hydrogens is 932 g/mol. The minimum Gasteiger partial charge on any atom is -0.744 e. The molecule has 5 aromatic carbocycles. The summed E-state index contributed by atoms with van der Waals surface area (Å²) in [4.78, 5) is -1.07. The minimum atomic E-state index is -4.31. The molecule has 0 radical (unpaired) electrons. The molecule has 0 aromatic heterocycles. The molecule has 0 aliphatic carbocycles. The summed E-state index contributed by atoms with van der Waals surface area (Å²) in [5.74, 6) is 0. The van der Waals surface area contributed by atoms with Gasteiger partial charge in [0.05, 0.1) is 24.5 Å². The van der Waals surface area contributed by atoms with Crippen LogP contribution in [0.5, 0.6) is 0 Å². The number of rotatable bonds is 10. The standard InChI is InChI=1S/5C8H8O3S.Al.Mg/c5*1-2-7-3-5-8(6-4-7)12(9,10)11;;/h5*2-6H,1H2,(H,9,10,11);;/q;;;;;+3;+2/p-5. The van der Waals surface area contributed by atoms with Crippen molar-refractivity contribution in [3.8, 4) is 0 Å². The van der Waals surface area contributed by atoms with E-state index in [0.717, 1.165) is 27.8 Å². The Kier molecular flexibility index (Phi) is 26.0. The van der Waals surface area contributed by atoms with Crippen LogP contribution in [-0.2, 0) is 50.6 Å². The molecule has 0 amide bonds. The summed E-state index contributed by atoms with van der Waals surface area (Å²) in [7, 11) is -21.6. The third-order valence-electron chi connectivity index (χ3n) is 7.02. The Morgan fingerprint density at radius 1 is 0.274 bits per heavy atom. The molecule has 5 rings (SSSR count). The average molecular weight is 967 g/mol. The van der Waals surface area contributed by atoms with Crippen LogP contribution in [0.25, 0.3) is 30.4 Å². The van der Waals surface area contributed by atoms with Crippen LogP contribution >= 0.6 is 0 Å². The molecule has 0 atom stereocenters. The van der Waals surface area contributed by atoms with E-state index in [4.69, 9.17) is 0 Å². The summed E-state index contributed by atoms with van der Waals surface area (Å²) in [6.45, 7) is 17.5. The Labute approximate surface area is 389 Å². The van der Waals surface area contributed by atoms with Gasteiger partial charge in [-0.2, -0.15) is 0 Å². The van der Waals surface area contributed by atoms with E-state index in [1.165, 1.54) is 121 Å². The van der Waals surface area contributed by atoms with Crippen LogP contribution in [0.15, 0.2) is 179 Å². The van der Waals surface area contributed by atoms with Gasteiger partial charge in [0.2, 0.25) is 0 Å². The molecule has 0 aliphatic heterocycles. The van der Waals surface area contributed by atoms with Crippen LogP contribution in [-0.4, -0.2) is 105 Å². The number of hydrogen-bond donors (Lipinski definition) is 0. The van der Waals surface area contributed by atoms with Gasteiger partial charge in [-0.3, -0.25) is 0 Å². The van der Waals surface area contributed by atoms with Gasteiger partial charge in [0, 0.05) is 0 Å². The van der Waals surface area contributed by atoms with Crippen LogP contribution in [0.4, 0.5) is 0 Å². The summed E-state index contributed by atoms with van der Waals surface area (Å²) < 4.78 is 157. The van der Waals surface area contributed by atoms with Crippen molar-refractivity contribution in [2.24, 2.45) is 0 Å². The average Bonchev–Trinajstić information content (AvgIpc) is 3.20. The Balaban J connectivity index is 0. The molecule has 22 heteroatoms. The number of benzene rings is 5. The second-order valence-corrected chi connectivity index (χ2v) is 18.0. The van der Waals surface area contributed by atoms with Crippen molar-refractivity contribution in [1.29, 1.82) is 0 Å². The molecular formula is C40H35AlMgO15S5. The molecule has 0 saturated heterocycles. The van der Waals surface area contributed by atoms with Crippen LogP contribution in [0.1, 0.15) is 27.8 Å². The summed E-state index contributed by atoms with van der Waals surface area (Å²) in [5, 5.41) is 0. The molecule has 0 aliphatic rings. The monoisotopic (exact) mass is 966 g/mol. The molecule has 0 unspecified atom stereocenters. The minimum absolute atomic E-state index is 0. The van der Waals surface area contributed by atoms with E-state index in [2.05, 4.69) is 32.9 Å². The SMILES string of the molecule is C=Cc1ccc(S(=O)(=O)[O-])cc1.C=Cc1ccc(S(=O)(=O)[O-])cc1.C=Cc1ccc(S(=O)(=O)[O-])cc1.C=Cc1ccc(S(=O)(=O)[O-])cc1.C=Cc1ccc(S(=O)(=O)[O-])cc1.[Al+3].[Mg+2]. The Morgan fingerprint density at radius 2 is 0.371 bits per heavy atom. The second kappa shape index (κ2) is 27.0. The van der Waals surface area contributed by atoms with Crippen molar-refractivity contribution < 1.29 is 64.9 Å². The van der Waals surface area contributed by atoms with Crippen molar-refractivity contribution in [1.82, 2.24) is 0 Å². The first kappa shape index (κ1) is 59.7. The largest absolute Gasteiger partial charge is 3.00 e. The maximum Gasteiger partial charge on any atom is 3.00 e. The van der Waals surface area contributed by atoms with Crippen LogP contribution < -0.4 is 0 Å². The van der Waals surface area contributed by atoms with Gasteiger partial charge in [-0.05, 0) is 88.5 Å². The van der Waals surface area contributed by atoms with E-state index in [0.29, 0.717) is 0 Å². The molecule has 0 saturated carbocycles. The van der Waals surface area contributed by atoms with Crippen LogP contribution in [0, 0.1) is 0 Å². The van der Waals surface area contributed by atoms with Gasteiger partial charge in [0.1, 0.15) is 50.6 Å². The smallest absolute Gasteiger partial charge is 0.744 e. The summed E-state index contributed by atoms with van der Waals surface area (Å²) in [6, 6.07) is 27.9. The number of hydrogen-bond acceptors (Lipinski definition) is 15. The van der Waals surface area contributed by atoms with Gasteiger partial charge >= 0.3 is 40.4 Å². The van der Waals surface area contributed by atoms with Gasteiger partial charge in [-0.25, -0.2) is 42.1 Å². The van der Waals surface area contributed by atoms with Crippen molar-refractivity contribution in [3.63, 3.8) is 0 Å². The third kappa shape index (κ3) is 22.7. The Morgan fingerprint density at radius 3 is 0.435 bits per heavy atom. The fourth-order valence-electron chi connectivity index (χ4n) is 3.85. The van der Waals surface area contributed by atoms with Crippen molar-refractivity contribution in [2.75, 3.05) is 0 Å². The van der Waals surface area contributed by atoms with Crippen molar-refractivity contribution in [3.05, 3.63) is 182 Å². The zero-order chi connectivity index (χ0) is 46.0. The fourth-order valence-corrected chi connectivity index (χ4v) is 6.20. The summed E-state index contributed by atoms with van der Waals surface area (Å²) in [6.07, 6.45) is 7.85. The summed E-state index contributed by atoms with van der Waals surface area (Å²) in [5.41, 5.74) is 3.90. The van der Waals surface area contributed by atoms with Gasteiger partial charge in [0.25, 0.3) is 0 Å². The first-order valence-electron chi connectivity index (χ1n) is 16.1. The normalized spacial score (nSPS) is 10.7. The predicted octanol–water partition coefficient (Wildman–Crippen LogP) is 5.41. The van der Waals surface area contributed by atoms with Crippen LogP contribution in [0.2, 0.25) is 0 Å². The molecule has 15 nitrogen and oxygen atoms in total. The molecule has 0 bridgehead atoms. The van der Waals surface area contributed by atoms with E-state index in [1.807, 2.05) is 0 Å². The Hall–Kier alpha value is -4.35. The van der Waals surface area contributed by atoms with Gasteiger partial charge in [0.15, 0.2) is 0 Å². The van der Waals surface area contributed by atoms with E-state index in [-0.39, 0.29) is 64.9 Å². The van der Waals surface area contributed by atoms with Gasteiger partial charge < -0.3 is 22.8 Å². The molecule has 0 fully saturated rings. The van der Waals surface area contributed by atoms with Gasteiger partial charge in [-0.1, -0.05) is 124 Å². The topological polar surface area (TPSA) is 286 Å². The molecule has 62 heavy (non-hydrogen) atoms. The van der Waals surface area contributed by atoms with Gasteiger partial charge in [-0.15, -0.1) is 0 Å². The third-order valence-corrected chi connectivity index (χ3v) is 11.3. The zero-order valence-electron chi connectivity index (χ0n) is 32.4. The van der Waals surface area contributed by atoms with E-state index < -0.39 is 50.6 Å². The Bertz CT molecular complexity index is 2350. The quantitative estimate of drug-likeness (QED) is 0.125. The van der Waals surface area contributed by atoms with E-state index >= 15 is 0 Å². The van der Waals surface area contributed by atoms with Crippen LogP contribution in [0.3, 0.4) is 0 Å². The van der Waals surface area contributed by atoms with Crippen molar-refractivity contribution in [2.45, 2.75) is 24.5 Å². The molecule has 320 valence electrons. The summed E-state index contributed by atoms with van der Waals surface area (Å²) >= 11 is 0. The van der Waals surface area contributed by atoms with Crippen molar-refractivity contribution >= 4 is 121 Å². The first-order valence-corrected chi connectivity index (χ1v) is 23.2. The fraction of sp³-hybridized carbons (Fsp3) is 0. The second-order valence-electron chi connectivity index (χ2n) is 11.1. The van der Waals surface area contributed by atoms with E-state index in [1.54, 1.807) is 30.4 Å². The molecule has 0 N–H and O–H groups in total.